The molecule has 0 aliphatic rings. The molecule has 5 aromatic rings. The predicted molar refractivity (Wildman–Crippen MR) is 157 cm³/mol. The number of benzene rings is 4. The van der Waals surface area contributed by atoms with Gasteiger partial charge in [0, 0.05) is 17.8 Å². The molecule has 7 nitrogen and oxygen atoms in total. The van der Waals surface area contributed by atoms with E-state index in [1.54, 1.807) is 49.6 Å². The van der Waals surface area contributed by atoms with Crippen molar-refractivity contribution in [2.24, 2.45) is 0 Å². The van der Waals surface area contributed by atoms with Crippen molar-refractivity contribution in [1.82, 2.24) is 4.31 Å². The summed E-state index contributed by atoms with van der Waals surface area (Å²) in [5, 5.41) is 3.72. The first-order valence-corrected chi connectivity index (χ1v) is 14.5. The summed E-state index contributed by atoms with van der Waals surface area (Å²) in [6.45, 7) is 0.353. The molecule has 9 heteroatoms. The van der Waals surface area contributed by atoms with Gasteiger partial charge in [0.15, 0.2) is 0 Å². The van der Waals surface area contributed by atoms with Gasteiger partial charge in [0.2, 0.25) is 10.0 Å². The minimum atomic E-state index is -3.78. The molecule has 1 heterocycles. The van der Waals surface area contributed by atoms with E-state index in [4.69, 9.17) is 10.5 Å². The second-order valence-electron chi connectivity index (χ2n) is 8.96. The minimum Gasteiger partial charge on any atom is -0.497 e. The van der Waals surface area contributed by atoms with Crippen LogP contribution in [0.2, 0.25) is 0 Å². The topological polar surface area (TPSA) is 102 Å². The Bertz CT molecular complexity index is 1720. The van der Waals surface area contributed by atoms with E-state index in [0.717, 1.165) is 21.2 Å². The number of thiophene rings is 1. The van der Waals surface area contributed by atoms with Gasteiger partial charge in [0.05, 0.1) is 28.3 Å². The van der Waals surface area contributed by atoms with Crippen LogP contribution < -0.4 is 15.8 Å². The van der Waals surface area contributed by atoms with Crippen LogP contribution in [-0.2, 0) is 23.1 Å². The number of amides is 1. The highest BCUT2D eigenvalue weighted by Crippen LogP contribution is 2.30. The highest BCUT2D eigenvalue weighted by molar-refractivity contribution is 7.89. The van der Waals surface area contributed by atoms with E-state index in [2.05, 4.69) is 5.32 Å². The van der Waals surface area contributed by atoms with Gasteiger partial charge >= 0.3 is 0 Å². The summed E-state index contributed by atoms with van der Waals surface area (Å²) in [4.78, 5) is 13.7. The van der Waals surface area contributed by atoms with E-state index in [1.807, 2.05) is 60.7 Å². The molecule has 0 saturated heterocycles. The second-order valence-corrected chi connectivity index (χ2v) is 12.0. The van der Waals surface area contributed by atoms with Crippen molar-refractivity contribution in [3.63, 3.8) is 0 Å². The normalized spacial score (nSPS) is 11.5. The highest BCUT2D eigenvalue weighted by Gasteiger charge is 2.25. The lowest BCUT2D eigenvalue weighted by atomic mass is 10.1. The van der Waals surface area contributed by atoms with Crippen LogP contribution in [0.15, 0.2) is 108 Å². The zero-order chi connectivity index (χ0) is 27.4. The summed E-state index contributed by atoms with van der Waals surface area (Å²) < 4.78 is 35.0. The van der Waals surface area contributed by atoms with Gasteiger partial charge in [-0.15, -0.1) is 11.3 Å². The zero-order valence-electron chi connectivity index (χ0n) is 21.2. The maximum absolute atomic E-state index is 13.7. The number of fused-ring (bicyclic) bond motifs is 1. The van der Waals surface area contributed by atoms with Crippen molar-refractivity contribution >= 4 is 48.7 Å². The largest absolute Gasteiger partial charge is 0.497 e. The van der Waals surface area contributed by atoms with Gasteiger partial charge < -0.3 is 15.8 Å². The molecule has 0 atom stereocenters. The van der Waals surface area contributed by atoms with Crippen molar-refractivity contribution in [3.05, 3.63) is 119 Å². The summed E-state index contributed by atoms with van der Waals surface area (Å²) in [6, 6.07) is 30.4. The molecule has 198 valence electrons. The number of hydrogen-bond donors (Lipinski definition) is 2. The summed E-state index contributed by atoms with van der Waals surface area (Å²) in [5.74, 6) is 0.456. The molecule has 0 saturated carbocycles. The summed E-state index contributed by atoms with van der Waals surface area (Å²) in [6.07, 6.45) is 0. The number of nitrogens with zero attached hydrogens (tertiary/aromatic N) is 1. The number of nitrogen functional groups attached to an aromatic ring is 1. The van der Waals surface area contributed by atoms with Gasteiger partial charge in [0.25, 0.3) is 5.91 Å². The smallest absolute Gasteiger partial charge is 0.265 e. The third-order valence-electron chi connectivity index (χ3n) is 6.27. The lowest BCUT2D eigenvalue weighted by Gasteiger charge is -2.23. The highest BCUT2D eigenvalue weighted by atomic mass is 32.2. The Labute approximate surface area is 231 Å². The van der Waals surface area contributed by atoms with Crippen LogP contribution in [0.25, 0.3) is 10.1 Å². The van der Waals surface area contributed by atoms with E-state index in [-0.39, 0.29) is 23.9 Å². The third kappa shape index (κ3) is 5.96. The van der Waals surface area contributed by atoms with E-state index in [1.165, 1.54) is 15.6 Å². The van der Waals surface area contributed by atoms with E-state index in [9.17, 15) is 13.2 Å². The van der Waals surface area contributed by atoms with Crippen LogP contribution in [0.4, 0.5) is 11.4 Å². The van der Waals surface area contributed by atoms with Gasteiger partial charge in [-0.1, -0.05) is 48.5 Å². The first-order valence-electron chi connectivity index (χ1n) is 12.2. The average Bonchev–Trinajstić information content (AvgIpc) is 3.38. The maximum Gasteiger partial charge on any atom is 0.265 e. The molecular weight excluding hydrogens is 530 g/mol. The number of rotatable bonds is 9. The molecule has 0 spiro atoms. The summed E-state index contributed by atoms with van der Waals surface area (Å²) >= 11 is 1.37. The number of nitrogens with one attached hydrogen (secondary N) is 1. The molecule has 1 aromatic heterocycles. The number of carbonyl (C=O) groups excluding carboxylic acids is 1. The van der Waals surface area contributed by atoms with Crippen LogP contribution in [0.1, 0.15) is 20.8 Å². The fourth-order valence-corrected chi connectivity index (χ4v) is 6.58. The van der Waals surface area contributed by atoms with Gasteiger partial charge in [-0.05, 0) is 71.1 Å². The molecule has 1 amide bonds. The Morgan fingerprint density at radius 1 is 0.872 bits per heavy atom. The van der Waals surface area contributed by atoms with Crippen molar-refractivity contribution in [3.8, 4) is 5.75 Å². The standard InChI is InChI=1S/C30H27N3O4S2/c1-37-24-14-11-21(12-15-24)19-33(39(35,36)25-7-3-2-4-8-25)20-22-13-16-28-23(17-22)18-29(38-28)30(34)32-27-10-6-5-9-26(27)31/h2-18H,19-20,31H2,1H3,(H,32,34). The van der Waals surface area contributed by atoms with Gasteiger partial charge in [-0.2, -0.15) is 4.31 Å². The lowest BCUT2D eigenvalue weighted by molar-refractivity contribution is 0.103. The minimum absolute atomic E-state index is 0.164. The predicted octanol–water partition coefficient (Wildman–Crippen LogP) is 6.14. The first kappa shape index (κ1) is 26.4. The number of anilines is 2. The molecule has 0 aliphatic carbocycles. The zero-order valence-corrected chi connectivity index (χ0v) is 22.8. The van der Waals surface area contributed by atoms with Crippen molar-refractivity contribution in [1.29, 1.82) is 0 Å². The molecule has 5 rings (SSSR count). The molecule has 0 aliphatic heterocycles. The number of carbonyl (C=O) groups is 1. The fraction of sp³-hybridized carbons (Fsp3) is 0.100. The quantitative estimate of drug-likeness (QED) is 0.212. The van der Waals surface area contributed by atoms with Gasteiger partial charge in [0.1, 0.15) is 5.75 Å². The maximum atomic E-state index is 13.7. The van der Waals surface area contributed by atoms with Crippen molar-refractivity contribution in [2.45, 2.75) is 18.0 Å². The van der Waals surface area contributed by atoms with Gasteiger partial charge in [-0.25, -0.2) is 8.42 Å². The number of ether oxygens (including phenoxy) is 1. The second kappa shape index (κ2) is 11.3. The SMILES string of the molecule is COc1ccc(CN(Cc2ccc3sc(C(=O)Nc4ccccc4N)cc3c2)S(=O)(=O)c2ccccc2)cc1. The van der Waals surface area contributed by atoms with Crippen LogP contribution in [0, 0.1) is 0 Å². The Balaban J connectivity index is 1.42. The van der Waals surface area contributed by atoms with Crippen molar-refractivity contribution < 1.29 is 17.9 Å². The number of nitrogens with two attached hydrogens (primary N) is 1. The lowest BCUT2D eigenvalue weighted by Crippen LogP contribution is -2.30. The third-order valence-corrected chi connectivity index (χ3v) is 9.19. The van der Waals surface area contributed by atoms with E-state index in [0.29, 0.717) is 22.0 Å². The Morgan fingerprint density at radius 2 is 1.54 bits per heavy atom. The number of hydrogen-bond acceptors (Lipinski definition) is 6. The average molecular weight is 558 g/mol. The molecule has 0 radical (unpaired) electrons. The van der Waals surface area contributed by atoms with Crippen LogP contribution in [0.5, 0.6) is 5.75 Å². The van der Waals surface area contributed by atoms with E-state index >= 15 is 0 Å². The molecule has 39 heavy (non-hydrogen) atoms. The Kier molecular flexibility index (Phi) is 7.65. The number of para-hydroxylation sites is 2. The number of methoxy groups -OCH3 is 1. The molecule has 0 bridgehead atoms. The fourth-order valence-electron chi connectivity index (χ4n) is 4.20. The van der Waals surface area contributed by atoms with Crippen molar-refractivity contribution in [2.75, 3.05) is 18.2 Å². The Morgan fingerprint density at radius 3 is 2.26 bits per heavy atom. The monoisotopic (exact) mass is 557 g/mol. The molecule has 0 fully saturated rings. The molecular formula is C30H27N3O4S2. The van der Waals surface area contributed by atoms with Crippen LogP contribution in [0.3, 0.4) is 0 Å². The van der Waals surface area contributed by atoms with Gasteiger partial charge in [-0.3, -0.25) is 4.79 Å². The van der Waals surface area contributed by atoms with E-state index < -0.39 is 10.0 Å². The first-order chi connectivity index (χ1) is 18.8. The number of sulfonamides is 1. The van der Waals surface area contributed by atoms with Crippen LogP contribution in [-0.4, -0.2) is 25.7 Å². The molecule has 3 N–H and O–H groups in total. The van der Waals surface area contributed by atoms with Crippen LogP contribution >= 0.6 is 11.3 Å². The Hall–Kier alpha value is -4.18. The summed E-state index contributed by atoms with van der Waals surface area (Å²) in [7, 11) is -2.19. The molecule has 0 unspecified atom stereocenters. The molecule has 4 aromatic carbocycles. The summed E-state index contributed by atoms with van der Waals surface area (Å²) in [5.41, 5.74) is 8.66.